The molecule has 5 nitrogen and oxygen atoms in total. The molecule has 100 valence electrons. The predicted molar refractivity (Wildman–Crippen MR) is 75.1 cm³/mol. The Morgan fingerprint density at radius 1 is 1.00 bits per heavy atom. The molecule has 0 aliphatic rings. The predicted octanol–water partition coefficient (Wildman–Crippen LogP) is 2.15. The van der Waals surface area contributed by atoms with Crippen molar-refractivity contribution in [3.63, 3.8) is 0 Å². The number of imidazole rings is 1. The van der Waals surface area contributed by atoms with Crippen molar-refractivity contribution >= 4 is 17.0 Å². The van der Waals surface area contributed by atoms with Gasteiger partial charge in [-0.25, -0.2) is 9.59 Å². The summed E-state index contributed by atoms with van der Waals surface area (Å²) in [6.07, 6.45) is 0.615. The first-order chi connectivity index (χ1) is 9.61. The van der Waals surface area contributed by atoms with E-state index in [0.717, 1.165) is 22.2 Å². The van der Waals surface area contributed by atoms with Crippen LogP contribution in [0.1, 0.15) is 21.5 Å². The minimum Gasteiger partial charge on any atom is -0.478 e. The van der Waals surface area contributed by atoms with Crippen molar-refractivity contribution in [1.82, 2.24) is 9.97 Å². The smallest absolute Gasteiger partial charge is 0.335 e. The fourth-order valence-corrected chi connectivity index (χ4v) is 2.24. The molecule has 1 aromatic heterocycles. The Kier molecular flexibility index (Phi) is 2.87. The summed E-state index contributed by atoms with van der Waals surface area (Å²) < 4.78 is 0. The van der Waals surface area contributed by atoms with Crippen LogP contribution in [0, 0.1) is 0 Å². The van der Waals surface area contributed by atoms with Crippen molar-refractivity contribution in [1.29, 1.82) is 0 Å². The molecule has 3 rings (SSSR count). The van der Waals surface area contributed by atoms with Gasteiger partial charge in [0.1, 0.15) is 0 Å². The lowest BCUT2D eigenvalue weighted by Gasteiger charge is -2.03. The molecule has 0 atom stereocenters. The average molecular weight is 268 g/mol. The first-order valence-electron chi connectivity index (χ1n) is 6.15. The normalized spacial score (nSPS) is 10.8. The number of hydrogen-bond donors (Lipinski definition) is 3. The van der Waals surface area contributed by atoms with Crippen LogP contribution in [0.15, 0.2) is 47.3 Å². The highest BCUT2D eigenvalue weighted by atomic mass is 16.4. The molecule has 5 heteroatoms. The van der Waals surface area contributed by atoms with Crippen LogP contribution in [-0.4, -0.2) is 21.0 Å². The molecule has 1 heterocycles. The highest BCUT2D eigenvalue weighted by Crippen LogP contribution is 2.15. The molecule has 20 heavy (non-hydrogen) atoms. The minimum absolute atomic E-state index is 0.231. The fraction of sp³-hybridized carbons (Fsp3) is 0.0667. The highest BCUT2D eigenvalue weighted by molar-refractivity contribution is 5.87. The Morgan fingerprint density at radius 2 is 1.75 bits per heavy atom. The van der Waals surface area contributed by atoms with Crippen LogP contribution in [0.3, 0.4) is 0 Å². The second kappa shape index (κ2) is 4.70. The Hall–Kier alpha value is -2.82. The van der Waals surface area contributed by atoms with Gasteiger partial charge in [0.25, 0.3) is 0 Å². The van der Waals surface area contributed by atoms with Crippen molar-refractivity contribution in [3.8, 4) is 0 Å². The molecule has 0 bridgehead atoms. The Labute approximate surface area is 113 Å². The van der Waals surface area contributed by atoms with E-state index in [1.807, 2.05) is 24.3 Å². The van der Waals surface area contributed by atoms with E-state index < -0.39 is 5.97 Å². The van der Waals surface area contributed by atoms with Crippen LogP contribution in [0.2, 0.25) is 0 Å². The van der Waals surface area contributed by atoms with Crippen LogP contribution in [-0.2, 0) is 6.42 Å². The van der Waals surface area contributed by atoms with Crippen LogP contribution >= 0.6 is 0 Å². The molecule has 2 aromatic carbocycles. The molecule has 0 fully saturated rings. The van der Waals surface area contributed by atoms with Gasteiger partial charge in [0.2, 0.25) is 0 Å². The van der Waals surface area contributed by atoms with Gasteiger partial charge in [-0.15, -0.1) is 0 Å². The number of rotatable bonds is 3. The topological polar surface area (TPSA) is 85.9 Å². The third kappa shape index (κ3) is 2.33. The Morgan fingerprint density at radius 3 is 2.55 bits per heavy atom. The number of aromatic nitrogens is 2. The molecular formula is C15H12N2O3. The molecule has 3 N–H and O–H groups in total. The maximum absolute atomic E-state index is 11.2. The number of aromatic carboxylic acids is 1. The van der Waals surface area contributed by atoms with Gasteiger partial charge in [0.15, 0.2) is 0 Å². The van der Waals surface area contributed by atoms with Gasteiger partial charge in [0.05, 0.1) is 16.6 Å². The van der Waals surface area contributed by atoms with E-state index in [4.69, 9.17) is 5.11 Å². The Bertz CT molecular complexity index is 845. The standard InChI is InChI=1S/C15H12N2O3/c18-14(19)11-3-1-2-9(7-11)6-10-4-5-12-13(8-10)17-15(20)16-12/h1-5,7-8H,6H2,(H,18,19)(H2,16,17,20). The minimum atomic E-state index is -0.933. The van der Waals surface area contributed by atoms with Crippen LogP contribution in [0.4, 0.5) is 0 Å². The van der Waals surface area contributed by atoms with Crippen molar-refractivity contribution in [2.75, 3.05) is 0 Å². The molecule has 0 saturated carbocycles. The lowest BCUT2D eigenvalue weighted by atomic mass is 10.0. The van der Waals surface area contributed by atoms with Crippen LogP contribution < -0.4 is 5.69 Å². The van der Waals surface area contributed by atoms with Gasteiger partial charge in [-0.05, 0) is 41.8 Å². The van der Waals surface area contributed by atoms with E-state index in [2.05, 4.69) is 9.97 Å². The number of nitrogens with one attached hydrogen (secondary N) is 2. The molecule has 0 aliphatic heterocycles. The van der Waals surface area contributed by atoms with Crippen LogP contribution in [0.5, 0.6) is 0 Å². The fourth-order valence-electron chi connectivity index (χ4n) is 2.24. The number of hydrogen-bond acceptors (Lipinski definition) is 2. The largest absolute Gasteiger partial charge is 0.478 e. The van der Waals surface area contributed by atoms with Gasteiger partial charge >= 0.3 is 11.7 Å². The lowest BCUT2D eigenvalue weighted by molar-refractivity contribution is 0.0697. The first-order valence-corrected chi connectivity index (χ1v) is 6.15. The summed E-state index contributed by atoms with van der Waals surface area (Å²) in [7, 11) is 0. The second-order valence-corrected chi connectivity index (χ2v) is 4.64. The van der Waals surface area contributed by atoms with E-state index in [9.17, 15) is 9.59 Å². The number of aromatic amines is 2. The lowest BCUT2D eigenvalue weighted by Crippen LogP contribution is -1.99. The number of carboxylic acids is 1. The summed E-state index contributed by atoms with van der Waals surface area (Å²) in [5.41, 5.74) is 3.49. The molecule has 0 saturated heterocycles. The first kappa shape index (κ1) is 12.2. The zero-order valence-corrected chi connectivity index (χ0v) is 10.5. The summed E-state index contributed by atoms with van der Waals surface area (Å²) in [6.45, 7) is 0. The summed E-state index contributed by atoms with van der Waals surface area (Å²) in [5.74, 6) is -0.933. The zero-order valence-electron chi connectivity index (χ0n) is 10.5. The number of fused-ring (bicyclic) bond motifs is 1. The third-order valence-electron chi connectivity index (χ3n) is 3.16. The van der Waals surface area contributed by atoms with Gasteiger partial charge in [-0.3, -0.25) is 0 Å². The summed E-state index contributed by atoms with van der Waals surface area (Å²) >= 11 is 0. The summed E-state index contributed by atoms with van der Waals surface area (Å²) in [4.78, 5) is 27.5. The van der Waals surface area contributed by atoms with Crippen LogP contribution in [0.25, 0.3) is 11.0 Å². The number of carboxylic acid groups (broad SMARTS) is 1. The van der Waals surface area contributed by atoms with E-state index in [-0.39, 0.29) is 11.3 Å². The SMILES string of the molecule is O=C(O)c1cccc(Cc2ccc3[nH]c(=O)[nH]c3c2)c1. The summed E-state index contributed by atoms with van der Waals surface area (Å²) in [5, 5.41) is 8.98. The van der Waals surface area contributed by atoms with Gasteiger partial charge < -0.3 is 15.1 Å². The second-order valence-electron chi connectivity index (χ2n) is 4.64. The molecule has 0 amide bonds. The third-order valence-corrected chi connectivity index (χ3v) is 3.16. The van der Waals surface area contributed by atoms with E-state index in [1.54, 1.807) is 18.2 Å². The van der Waals surface area contributed by atoms with Gasteiger partial charge in [0, 0.05) is 0 Å². The van der Waals surface area contributed by atoms with Crippen molar-refractivity contribution in [3.05, 3.63) is 69.6 Å². The molecule has 0 spiro atoms. The molecule has 0 unspecified atom stereocenters. The monoisotopic (exact) mass is 268 g/mol. The quantitative estimate of drug-likeness (QED) is 0.680. The number of benzene rings is 2. The van der Waals surface area contributed by atoms with E-state index in [0.29, 0.717) is 6.42 Å². The Balaban J connectivity index is 1.94. The van der Waals surface area contributed by atoms with E-state index >= 15 is 0 Å². The summed E-state index contributed by atoms with van der Waals surface area (Å²) in [6, 6.07) is 12.5. The zero-order chi connectivity index (χ0) is 14.1. The van der Waals surface area contributed by atoms with Crippen molar-refractivity contribution < 1.29 is 9.90 Å². The van der Waals surface area contributed by atoms with Crippen molar-refractivity contribution in [2.45, 2.75) is 6.42 Å². The highest BCUT2D eigenvalue weighted by Gasteiger charge is 2.05. The molecule has 0 aliphatic carbocycles. The maximum atomic E-state index is 11.2. The molecular weight excluding hydrogens is 256 g/mol. The van der Waals surface area contributed by atoms with Crippen molar-refractivity contribution in [2.24, 2.45) is 0 Å². The maximum Gasteiger partial charge on any atom is 0.335 e. The molecule has 3 aromatic rings. The number of carbonyl (C=O) groups is 1. The van der Waals surface area contributed by atoms with E-state index in [1.165, 1.54) is 0 Å². The average Bonchev–Trinajstić information content (AvgIpc) is 2.78. The molecule has 0 radical (unpaired) electrons. The number of H-pyrrole nitrogens is 2. The van der Waals surface area contributed by atoms with Gasteiger partial charge in [-0.2, -0.15) is 0 Å². The van der Waals surface area contributed by atoms with Gasteiger partial charge in [-0.1, -0.05) is 18.2 Å².